The lowest BCUT2D eigenvalue weighted by Crippen LogP contribution is -2.22. The second-order valence-electron chi connectivity index (χ2n) is 6.70. The fourth-order valence-electron chi connectivity index (χ4n) is 2.20. The molecule has 0 spiro atoms. The van der Waals surface area contributed by atoms with Crippen molar-refractivity contribution < 1.29 is 24.2 Å². The minimum Gasteiger partial charge on any atom is -0.507 e. The highest BCUT2D eigenvalue weighted by Gasteiger charge is 2.24. The molecule has 0 fully saturated rings. The molecule has 5 heteroatoms. The lowest BCUT2D eigenvalue weighted by atomic mass is 9.97. The average molecular weight is 342 g/mol. The van der Waals surface area contributed by atoms with E-state index in [2.05, 4.69) is 0 Å². The van der Waals surface area contributed by atoms with Crippen molar-refractivity contribution in [1.29, 1.82) is 0 Å². The van der Waals surface area contributed by atoms with Crippen LogP contribution >= 0.6 is 0 Å². The van der Waals surface area contributed by atoms with Gasteiger partial charge in [0.05, 0.1) is 18.1 Å². The molecule has 2 aromatic carbocycles. The Kier molecular flexibility index (Phi) is 5.47. The van der Waals surface area contributed by atoms with Gasteiger partial charge in [0.2, 0.25) is 0 Å². The van der Waals surface area contributed by atoms with Gasteiger partial charge >= 0.3 is 5.97 Å². The summed E-state index contributed by atoms with van der Waals surface area (Å²) >= 11 is 0. The van der Waals surface area contributed by atoms with Gasteiger partial charge in [-0.1, -0.05) is 30.3 Å². The van der Waals surface area contributed by atoms with E-state index in [9.17, 15) is 14.7 Å². The SMILES string of the molecule is COc1cc(O)c(C(=O)c2ccccc2)cc1COC(=O)C(C)(C)C. The Labute approximate surface area is 147 Å². The Morgan fingerprint density at radius 1 is 1.08 bits per heavy atom. The number of carbonyl (C=O) groups excluding carboxylic acids is 2. The maximum Gasteiger partial charge on any atom is 0.311 e. The van der Waals surface area contributed by atoms with Crippen LogP contribution in [0, 0.1) is 5.41 Å². The summed E-state index contributed by atoms with van der Waals surface area (Å²) in [5, 5.41) is 10.2. The van der Waals surface area contributed by atoms with E-state index in [4.69, 9.17) is 9.47 Å². The number of carbonyl (C=O) groups is 2. The molecule has 2 aromatic rings. The number of phenolic OH excluding ortho intramolecular Hbond substituents is 1. The van der Waals surface area contributed by atoms with Gasteiger partial charge in [-0.15, -0.1) is 0 Å². The Bertz CT molecular complexity index is 773. The molecule has 0 aliphatic carbocycles. The van der Waals surface area contributed by atoms with E-state index in [-0.39, 0.29) is 29.7 Å². The zero-order chi connectivity index (χ0) is 18.6. The number of hydrogen-bond acceptors (Lipinski definition) is 5. The van der Waals surface area contributed by atoms with Gasteiger partial charge in [0, 0.05) is 17.2 Å². The molecule has 2 rings (SSSR count). The summed E-state index contributed by atoms with van der Waals surface area (Å²) in [4.78, 5) is 24.6. The predicted octanol–water partition coefficient (Wildman–Crippen LogP) is 3.72. The van der Waals surface area contributed by atoms with Gasteiger partial charge in [-0.05, 0) is 26.8 Å². The normalized spacial score (nSPS) is 11.0. The van der Waals surface area contributed by atoms with Crippen LogP contribution in [-0.4, -0.2) is 24.0 Å². The first-order chi connectivity index (χ1) is 11.7. The Hall–Kier alpha value is -2.82. The lowest BCUT2D eigenvalue weighted by molar-refractivity contribution is -0.154. The van der Waals surface area contributed by atoms with Crippen LogP contribution in [0.2, 0.25) is 0 Å². The van der Waals surface area contributed by atoms with Crippen molar-refractivity contribution in [2.75, 3.05) is 7.11 Å². The zero-order valence-corrected chi connectivity index (χ0v) is 14.8. The van der Waals surface area contributed by atoms with Crippen LogP contribution in [0.1, 0.15) is 42.3 Å². The van der Waals surface area contributed by atoms with E-state index in [1.807, 2.05) is 6.07 Å². The topological polar surface area (TPSA) is 72.8 Å². The summed E-state index contributed by atoms with van der Waals surface area (Å²) in [5.41, 5.74) is 0.471. The maximum atomic E-state index is 12.6. The molecule has 0 saturated carbocycles. The summed E-state index contributed by atoms with van der Waals surface area (Å²) in [7, 11) is 1.45. The molecule has 5 nitrogen and oxygen atoms in total. The average Bonchev–Trinajstić information content (AvgIpc) is 2.59. The first-order valence-electron chi connectivity index (χ1n) is 7.91. The number of ketones is 1. The van der Waals surface area contributed by atoms with E-state index in [0.29, 0.717) is 16.9 Å². The first kappa shape index (κ1) is 18.5. The summed E-state index contributed by atoms with van der Waals surface area (Å²) in [6, 6.07) is 11.5. The van der Waals surface area contributed by atoms with Gasteiger partial charge in [-0.25, -0.2) is 0 Å². The number of ether oxygens (including phenoxy) is 2. The van der Waals surface area contributed by atoms with Crippen LogP contribution in [0.3, 0.4) is 0 Å². The largest absolute Gasteiger partial charge is 0.507 e. The summed E-state index contributed by atoms with van der Waals surface area (Å²) in [6.45, 7) is 5.23. The van der Waals surface area contributed by atoms with Gasteiger partial charge in [-0.3, -0.25) is 9.59 Å². The van der Waals surface area contributed by atoms with Crippen molar-refractivity contribution in [2.45, 2.75) is 27.4 Å². The number of hydrogen-bond donors (Lipinski definition) is 1. The first-order valence-corrected chi connectivity index (χ1v) is 7.91. The van der Waals surface area contributed by atoms with Crippen LogP contribution in [0.15, 0.2) is 42.5 Å². The summed E-state index contributed by atoms with van der Waals surface area (Å²) in [5.74, 6) is -0.511. The molecule has 25 heavy (non-hydrogen) atoms. The molecular weight excluding hydrogens is 320 g/mol. The van der Waals surface area contributed by atoms with Crippen LogP contribution in [0.25, 0.3) is 0 Å². The highest BCUT2D eigenvalue weighted by molar-refractivity contribution is 6.10. The predicted molar refractivity (Wildman–Crippen MR) is 93.8 cm³/mol. The number of esters is 1. The van der Waals surface area contributed by atoms with E-state index < -0.39 is 5.41 Å². The molecule has 0 radical (unpaired) electrons. The van der Waals surface area contributed by atoms with Crippen molar-refractivity contribution in [3.05, 3.63) is 59.2 Å². The molecule has 0 aliphatic heterocycles. The molecule has 132 valence electrons. The van der Waals surface area contributed by atoms with Gasteiger partial charge in [0.15, 0.2) is 5.78 Å². The number of methoxy groups -OCH3 is 1. The smallest absolute Gasteiger partial charge is 0.311 e. The van der Waals surface area contributed by atoms with Gasteiger partial charge in [-0.2, -0.15) is 0 Å². The third kappa shape index (κ3) is 4.38. The molecule has 0 bridgehead atoms. The Morgan fingerprint density at radius 2 is 1.72 bits per heavy atom. The van der Waals surface area contributed by atoms with Gasteiger partial charge in [0.1, 0.15) is 18.1 Å². The molecule has 0 aliphatic rings. The highest BCUT2D eigenvalue weighted by atomic mass is 16.5. The van der Waals surface area contributed by atoms with E-state index in [1.54, 1.807) is 45.0 Å². The fraction of sp³-hybridized carbons (Fsp3) is 0.300. The van der Waals surface area contributed by atoms with Crippen molar-refractivity contribution in [1.82, 2.24) is 0 Å². The van der Waals surface area contributed by atoms with Crippen molar-refractivity contribution in [3.63, 3.8) is 0 Å². The van der Waals surface area contributed by atoms with Crippen LogP contribution in [0.5, 0.6) is 11.5 Å². The molecule has 0 unspecified atom stereocenters. The van der Waals surface area contributed by atoms with E-state index >= 15 is 0 Å². The monoisotopic (exact) mass is 342 g/mol. The molecule has 0 amide bonds. The standard InChI is InChI=1S/C20H22O5/c1-20(2,3)19(23)25-12-14-10-15(16(21)11-17(14)24-4)18(22)13-8-6-5-7-9-13/h5-11,21H,12H2,1-4H3. The Morgan fingerprint density at radius 3 is 2.28 bits per heavy atom. The van der Waals surface area contributed by atoms with Crippen molar-refractivity contribution in [2.24, 2.45) is 5.41 Å². The molecule has 1 N–H and O–H groups in total. The molecule has 0 saturated heterocycles. The second-order valence-corrected chi connectivity index (χ2v) is 6.70. The Balaban J connectivity index is 2.34. The molecule has 0 aromatic heterocycles. The third-order valence-corrected chi connectivity index (χ3v) is 3.65. The zero-order valence-electron chi connectivity index (χ0n) is 14.8. The number of rotatable bonds is 5. The molecule has 0 heterocycles. The minimum atomic E-state index is -0.632. The van der Waals surface area contributed by atoms with Crippen LogP contribution in [0.4, 0.5) is 0 Å². The van der Waals surface area contributed by atoms with Crippen LogP contribution in [-0.2, 0) is 16.1 Å². The lowest BCUT2D eigenvalue weighted by Gasteiger charge is -2.18. The van der Waals surface area contributed by atoms with Crippen LogP contribution < -0.4 is 4.74 Å². The number of benzene rings is 2. The fourth-order valence-corrected chi connectivity index (χ4v) is 2.20. The molecule has 0 atom stereocenters. The second kappa shape index (κ2) is 7.38. The molecular formula is C20H22O5. The van der Waals surface area contributed by atoms with E-state index in [1.165, 1.54) is 19.2 Å². The highest BCUT2D eigenvalue weighted by Crippen LogP contribution is 2.31. The van der Waals surface area contributed by atoms with Gasteiger partial charge in [0.25, 0.3) is 0 Å². The third-order valence-electron chi connectivity index (χ3n) is 3.65. The number of aromatic hydroxyl groups is 1. The van der Waals surface area contributed by atoms with E-state index in [0.717, 1.165) is 0 Å². The minimum absolute atomic E-state index is 0.0470. The van der Waals surface area contributed by atoms with Crippen molar-refractivity contribution >= 4 is 11.8 Å². The number of phenols is 1. The quantitative estimate of drug-likeness (QED) is 0.662. The summed E-state index contributed by atoms with van der Waals surface area (Å²) in [6.07, 6.45) is 0. The van der Waals surface area contributed by atoms with Crippen molar-refractivity contribution in [3.8, 4) is 11.5 Å². The maximum absolute atomic E-state index is 12.6. The summed E-state index contributed by atoms with van der Waals surface area (Å²) < 4.78 is 10.5. The van der Waals surface area contributed by atoms with Gasteiger partial charge < -0.3 is 14.6 Å².